The van der Waals surface area contributed by atoms with Crippen LogP contribution in [0, 0.1) is 19.3 Å². The molecule has 28 heavy (non-hydrogen) atoms. The van der Waals surface area contributed by atoms with Crippen molar-refractivity contribution >= 4 is 29.0 Å². The Morgan fingerprint density at radius 2 is 1.89 bits per heavy atom. The highest BCUT2D eigenvalue weighted by molar-refractivity contribution is 7.07. The molecule has 1 aromatic heterocycles. The number of amidine groups is 1. The molecule has 3 rings (SSSR count). The van der Waals surface area contributed by atoms with Crippen molar-refractivity contribution < 1.29 is 4.74 Å². The zero-order chi connectivity index (χ0) is 20.3. The number of benzene rings is 2. The van der Waals surface area contributed by atoms with Crippen molar-refractivity contribution in [3.63, 3.8) is 0 Å². The molecule has 3 aromatic rings. The van der Waals surface area contributed by atoms with E-state index in [0.29, 0.717) is 22.5 Å². The van der Waals surface area contributed by atoms with Crippen molar-refractivity contribution in [2.24, 2.45) is 0 Å². The standard InChI is InChI=1S/C21H23ClN4OS/c1-5-26(4)20(23)17-10-14(3)18(11-13(17)2)27-21-24-19(25-28-21)12-15-6-8-16(22)9-7-15/h6-11,23H,5,12H2,1-4H3. The first-order valence-electron chi connectivity index (χ1n) is 9.03. The van der Waals surface area contributed by atoms with E-state index in [9.17, 15) is 0 Å². The Balaban J connectivity index is 1.75. The summed E-state index contributed by atoms with van der Waals surface area (Å²) in [6.07, 6.45) is 0.633. The summed E-state index contributed by atoms with van der Waals surface area (Å²) in [6.45, 7) is 6.79. The average molecular weight is 415 g/mol. The second-order valence-corrected chi connectivity index (χ2v) is 7.83. The van der Waals surface area contributed by atoms with Gasteiger partial charge in [-0.15, -0.1) is 0 Å². The summed E-state index contributed by atoms with van der Waals surface area (Å²) in [4.78, 5) is 6.41. The Labute approximate surface area is 174 Å². The molecule has 1 N–H and O–H groups in total. The van der Waals surface area contributed by atoms with Gasteiger partial charge in [0.05, 0.1) is 0 Å². The van der Waals surface area contributed by atoms with Crippen molar-refractivity contribution in [2.45, 2.75) is 27.2 Å². The fourth-order valence-corrected chi connectivity index (χ4v) is 3.44. The van der Waals surface area contributed by atoms with Gasteiger partial charge in [-0.3, -0.25) is 5.41 Å². The van der Waals surface area contributed by atoms with Crippen LogP contribution in [0.2, 0.25) is 5.02 Å². The second-order valence-electron chi connectivity index (χ2n) is 6.68. The molecule has 146 valence electrons. The maximum Gasteiger partial charge on any atom is 0.298 e. The lowest BCUT2D eigenvalue weighted by Gasteiger charge is -2.20. The van der Waals surface area contributed by atoms with Gasteiger partial charge in [-0.25, -0.2) is 0 Å². The number of aryl methyl sites for hydroxylation is 2. The zero-order valence-corrected chi connectivity index (χ0v) is 18.0. The van der Waals surface area contributed by atoms with Crippen molar-refractivity contribution in [3.05, 3.63) is 69.5 Å². The van der Waals surface area contributed by atoms with Gasteiger partial charge >= 0.3 is 0 Å². The predicted octanol–water partition coefficient (Wildman–Crippen LogP) is 5.47. The van der Waals surface area contributed by atoms with Gasteiger partial charge in [0.25, 0.3) is 5.19 Å². The van der Waals surface area contributed by atoms with E-state index in [4.69, 9.17) is 21.7 Å². The van der Waals surface area contributed by atoms with Crippen LogP contribution >= 0.6 is 23.1 Å². The zero-order valence-electron chi connectivity index (χ0n) is 16.4. The van der Waals surface area contributed by atoms with E-state index >= 15 is 0 Å². The monoisotopic (exact) mass is 414 g/mol. The van der Waals surface area contributed by atoms with E-state index in [-0.39, 0.29) is 0 Å². The van der Waals surface area contributed by atoms with Crippen molar-refractivity contribution in [1.82, 2.24) is 14.3 Å². The summed E-state index contributed by atoms with van der Waals surface area (Å²) >= 11 is 7.17. The van der Waals surface area contributed by atoms with E-state index < -0.39 is 0 Å². The second kappa shape index (κ2) is 8.71. The van der Waals surface area contributed by atoms with Gasteiger partial charge in [0, 0.05) is 42.1 Å². The molecule has 0 aliphatic heterocycles. The summed E-state index contributed by atoms with van der Waals surface area (Å²) in [6, 6.07) is 11.6. The van der Waals surface area contributed by atoms with Gasteiger partial charge in [0.2, 0.25) is 0 Å². The van der Waals surface area contributed by atoms with E-state index in [0.717, 1.165) is 40.4 Å². The summed E-state index contributed by atoms with van der Waals surface area (Å²) in [5.74, 6) is 1.97. The van der Waals surface area contributed by atoms with E-state index in [2.05, 4.69) is 9.36 Å². The summed E-state index contributed by atoms with van der Waals surface area (Å²) in [5.41, 5.74) is 3.97. The number of hydrogen-bond acceptors (Lipinski definition) is 5. The molecule has 0 saturated heterocycles. The van der Waals surface area contributed by atoms with Crippen LogP contribution in [-0.2, 0) is 6.42 Å². The number of halogens is 1. The largest absolute Gasteiger partial charge is 0.430 e. The van der Waals surface area contributed by atoms with Crippen molar-refractivity contribution in [3.8, 4) is 10.9 Å². The lowest BCUT2D eigenvalue weighted by Crippen LogP contribution is -2.27. The van der Waals surface area contributed by atoms with E-state index in [1.54, 1.807) is 0 Å². The smallest absolute Gasteiger partial charge is 0.298 e. The fourth-order valence-electron chi connectivity index (χ4n) is 2.75. The van der Waals surface area contributed by atoms with Crippen LogP contribution in [0.15, 0.2) is 36.4 Å². The highest BCUT2D eigenvalue weighted by Gasteiger charge is 2.14. The third kappa shape index (κ3) is 4.69. The fraction of sp³-hybridized carbons (Fsp3) is 0.286. The van der Waals surface area contributed by atoms with Gasteiger partial charge in [-0.05, 0) is 61.7 Å². The quantitative estimate of drug-likeness (QED) is 0.429. The number of aromatic nitrogens is 2. The van der Waals surface area contributed by atoms with Gasteiger partial charge in [0.15, 0.2) is 5.82 Å². The molecule has 0 amide bonds. The topological polar surface area (TPSA) is 62.1 Å². The van der Waals surface area contributed by atoms with Gasteiger partial charge < -0.3 is 9.64 Å². The Bertz CT molecular complexity index is 985. The normalized spacial score (nSPS) is 10.8. The molecular formula is C21H23ClN4OS. The maximum atomic E-state index is 8.34. The summed E-state index contributed by atoms with van der Waals surface area (Å²) in [5, 5.41) is 9.57. The highest BCUT2D eigenvalue weighted by atomic mass is 35.5. The molecule has 0 saturated carbocycles. The third-order valence-corrected chi connectivity index (χ3v) is 5.44. The maximum absolute atomic E-state index is 8.34. The molecule has 0 aliphatic carbocycles. The molecule has 0 aliphatic rings. The Morgan fingerprint density at radius 1 is 1.18 bits per heavy atom. The van der Waals surface area contributed by atoms with E-state index in [1.165, 1.54) is 11.5 Å². The molecule has 5 nitrogen and oxygen atoms in total. The minimum Gasteiger partial charge on any atom is -0.430 e. The SMILES string of the molecule is CCN(C)C(=N)c1cc(C)c(Oc2nc(Cc3ccc(Cl)cc3)ns2)cc1C. The van der Waals surface area contributed by atoms with Crippen LogP contribution in [-0.4, -0.2) is 33.7 Å². The van der Waals surface area contributed by atoms with Crippen LogP contribution in [0.1, 0.15) is 35.0 Å². The third-order valence-electron chi connectivity index (χ3n) is 4.56. The first-order valence-corrected chi connectivity index (χ1v) is 10.2. The molecule has 2 aromatic carbocycles. The summed E-state index contributed by atoms with van der Waals surface area (Å²) < 4.78 is 10.4. The molecule has 0 atom stereocenters. The predicted molar refractivity (Wildman–Crippen MR) is 115 cm³/mol. The molecule has 0 radical (unpaired) electrons. The first kappa shape index (κ1) is 20.3. The van der Waals surface area contributed by atoms with Gasteiger partial charge in [0.1, 0.15) is 11.6 Å². The number of nitrogens with zero attached hydrogens (tertiary/aromatic N) is 3. The molecule has 0 unspecified atom stereocenters. The average Bonchev–Trinajstić information content (AvgIpc) is 3.12. The van der Waals surface area contributed by atoms with Gasteiger partial charge in [-0.2, -0.15) is 9.36 Å². The lowest BCUT2D eigenvalue weighted by molar-refractivity contribution is 0.473. The number of ether oxygens (including phenoxy) is 1. The Hall–Kier alpha value is -2.44. The molecule has 1 heterocycles. The Morgan fingerprint density at radius 3 is 2.57 bits per heavy atom. The van der Waals surface area contributed by atoms with E-state index in [1.807, 2.05) is 69.1 Å². The Kier molecular flexibility index (Phi) is 6.31. The molecule has 0 spiro atoms. The number of hydrogen-bond donors (Lipinski definition) is 1. The van der Waals surface area contributed by atoms with Crippen molar-refractivity contribution in [2.75, 3.05) is 13.6 Å². The number of nitrogens with one attached hydrogen (secondary N) is 1. The lowest BCUT2D eigenvalue weighted by atomic mass is 10.0. The molecular weight excluding hydrogens is 392 g/mol. The minimum atomic E-state index is 0.510. The van der Waals surface area contributed by atoms with Crippen LogP contribution < -0.4 is 4.74 Å². The molecule has 0 fully saturated rings. The molecule has 0 bridgehead atoms. The first-order chi connectivity index (χ1) is 13.4. The minimum absolute atomic E-state index is 0.510. The highest BCUT2D eigenvalue weighted by Crippen LogP contribution is 2.29. The number of rotatable bonds is 6. The van der Waals surface area contributed by atoms with Crippen LogP contribution in [0.3, 0.4) is 0 Å². The van der Waals surface area contributed by atoms with Gasteiger partial charge in [-0.1, -0.05) is 23.7 Å². The van der Waals surface area contributed by atoms with Crippen LogP contribution in [0.25, 0.3) is 0 Å². The van der Waals surface area contributed by atoms with Crippen LogP contribution in [0.4, 0.5) is 0 Å². The van der Waals surface area contributed by atoms with Crippen LogP contribution in [0.5, 0.6) is 10.9 Å². The summed E-state index contributed by atoms with van der Waals surface area (Å²) in [7, 11) is 1.92. The molecule has 7 heteroatoms. The van der Waals surface area contributed by atoms with Crippen molar-refractivity contribution in [1.29, 1.82) is 5.41 Å².